The smallest absolute Gasteiger partial charge is 0.176 e. The van der Waals surface area contributed by atoms with Gasteiger partial charge in [-0.15, -0.1) is 0 Å². The van der Waals surface area contributed by atoms with E-state index in [0.29, 0.717) is 23.0 Å². The predicted octanol–water partition coefficient (Wildman–Crippen LogP) is 3.94. The number of nitrogens with one attached hydrogen (secondary N) is 2. The van der Waals surface area contributed by atoms with Gasteiger partial charge < -0.3 is 10.6 Å². The van der Waals surface area contributed by atoms with Gasteiger partial charge in [-0.1, -0.05) is 42.5 Å². The molecule has 0 radical (unpaired) electrons. The molecule has 126 valence electrons. The van der Waals surface area contributed by atoms with Crippen LogP contribution in [-0.2, 0) is 6.54 Å². The zero-order valence-electron chi connectivity index (χ0n) is 13.8. The molecular weight excluding hydrogens is 332 g/mol. The first kappa shape index (κ1) is 16.9. The van der Waals surface area contributed by atoms with Crippen molar-refractivity contribution in [1.82, 2.24) is 9.78 Å². The number of thiocarbonyl (C=S) groups is 1. The second kappa shape index (κ2) is 7.72. The average molecular weight is 350 g/mol. The number of aromatic nitrogens is 2. The number of carbonyl (C=O) groups is 1. The molecule has 0 fully saturated rings. The van der Waals surface area contributed by atoms with Crippen molar-refractivity contribution in [2.75, 3.05) is 10.6 Å². The molecule has 2 N–H and O–H groups in total. The van der Waals surface area contributed by atoms with E-state index in [2.05, 4.69) is 27.9 Å². The van der Waals surface area contributed by atoms with Gasteiger partial charge in [-0.25, -0.2) is 0 Å². The minimum atomic E-state index is 0.0159. The molecule has 25 heavy (non-hydrogen) atoms. The van der Waals surface area contributed by atoms with E-state index < -0.39 is 0 Å². The molecule has 3 rings (SSSR count). The van der Waals surface area contributed by atoms with Gasteiger partial charge >= 0.3 is 0 Å². The summed E-state index contributed by atoms with van der Waals surface area (Å²) in [6.45, 7) is 2.23. The molecular formula is C19H18N4OS. The molecule has 0 saturated carbocycles. The number of benzene rings is 2. The molecule has 1 heterocycles. The van der Waals surface area contributed by atoms with Crippen LogP contribution in [0.5, 0.6) is 0 Å². The maximum atomic E-state index is 11.4. The maximum absolute atomic E-state index is 11.4. The van der Waals surface area contributed by atoms with Crippen molar-refractivity contribution in [3.63, 3.8) is 0 Å². The molecule has 5 nitrogen and oxygen atoms in total. The van der Waals surface area contributed by atoms with Crippen molar-refractivity contribution in [1.29, 1.82) is 0 Å². The molecule has 2 aromatic carbocycles. The zero-order valence-corrected chi connectivity index (χ0v) is 14.6. The lowest BCUT2D eigenvalue weighted by Crippen LogP contribution is -2.19. The number of hydrogen-bond donors (Lipinski definition) is 2. The fraction of sp³-hybridized carbons (Fsp3) is 0.105. The maximum Gasteiger partial charge on any atom is 0.176 e. The Kier molecular flexibility index (Phi) is 5.20. The molecule has 0 amide bonds. The van der Waals surface area contributed by atoms with Gasteiger partial charge in [0, 0.05) is 23.5 Å². The number of ketones is 1. The van der Waals surface area contributed by atoms with Gasteiger partial charge in [-0.3, -0.25) is 9.48 Å². The lowest BCUT2D eigenvalue weighted by atomic mass is 10.1. The summed E-state index contributed by atoms with van der Waals surface area (Å²) in [4.78, 5) is 11.4. The molecule has 6 heteroatoms. The van der Waals surface area contributed by atoms with Gasteiger partial charge in [0.15, 0.2) is 16.7 Å². The van der Waals surface area contributed by atoms with Gasteiger partial charge in [0.05, 0.1) is 6.54 Å². The van der Waals surface area contributed by atoms with E-state index in [0.717, 1.165) is 5.69 Å². The molecule has 1 aromatic heterocycles. The van der Waals surface area contributed by atoms with Gasteiger partial charge in [0.1, 0.15) is 0 Å². The van der Waals surface area contributed by atoms with E-state index in [1.165, 1.54) is 12.5 Å². The Morgan fingerprint density at radius 1 is 1.08 bits per heavy atom. The number of anilines is 2. The summed E-state index contributed by atoms with van der Waals surface area (Å²) in [7, 11) is 0. The SMILES string of the molecule is CC(=O)c1cccc(NC(=S)Nc2ccn(Cc3ccccc3)n2)c1. The minimum Gasteiger partial charge on any atom is -0.332 e. The van der Waals surface area contributed by atoms with Crippen LogP contribution < -0.4 is 10.6 Å². The highest BCUT2D eigenvalue weighted by molar-refractivity contribution is 7.80. The summed E-state index contributed by atoms with van der Waals surface area (Å²) < 4.78 is 1.84. The highest BCUT2D eigenvalue weighted by Crippen LogP contribution is 2.12. The molecule has 0 saturated heterocycles. The second-order valence-corrected chi connectivity index (χ2v) is 6.01. The topological polar surface area (TPSA) is 59.0 Å². The predicted molar refractivity (Wildman–Crippen MR) is 104 cm³/mol. The summed E-state index contributed by atoms with van der Waals surface area (Å²) in [5.41, 5.74) is 2.58. The molecule has 0 aliphatic heterocycles. The Morgan fingerprint density at radius 3 is 2.64 bits per heavy atom. The van der Waals surface area contributed by atoms with Crippen molar-refractivity contribution < 1.29 is 4.79 Å². The fourth-order valence-corrected chi connectivity index (χ4v) is 2.60. The monoisotopic (exact) mass is 350 g/mol. The van der Waals surface area contributed by atoms with Crippen molar-refractivity contribution >= 4 is 34.6 Å². The Labute approximate surface area is 151 Å². The van der Waals surface area contributed by atoms with Gasteiger partial charge in [0.25, 0.3) is 0 Å². The summed E-state index contributed by atoms with van der Waals surface area (Å²) in [5, 5.41) is 11.0. The average Bonchev–Trinajstić information content (AvgIpc) is 3.02. The Bertz CT molecular complexity index is 889. The first-order valence-corrected chi connectivity index (χ1v) is 8.27. The van der Waals surface area contributed by atoms with E-state index >= 15 is 0 Å². The van der Waals surface area contributed by atoms with Crippen LogP contribution in [0.2, 0.25) is 0 Å². The van der Waals surface area contributed by atoms with Crippen LogP contribution in [0.1, 0.15) is 22.8 Å². The van der Waals surface area contributed by atoms with Crippen LogP contribution in [0.25, 0.3) is 0 Å². The van der Waals surface area contributed by atoms with Gasteiger partial charge in [-0.2, -0.15) is 5.10 Å². The molecule has 0 aliphatic carbocycles. The first-order chi connectivity index (χ1) is 12.1. The number of rotatable bonds is 5. The normalized spacial score (nSPS) is 10.3. The van der Waals surface area contributed by atoms with E-state index in [1.54, 1.807) is 12.1 Å². The van der Waals surface area contributed by atoms with Crippen LogP contribution >= 0.6 is 12.2 Å². The molecule has 0 spiro atoms. The standard InChI is InChI=1S/C19H18N4OS/c1-14(24)16-8-5-9-17(12-16)20-19(25)21-18-10-11-23(22-18)13-15-6-3-2-4-7-15/h2-12H,13H2,1H3,(H2,20,21,22,25). The van der Waals surface area contributed by atoms with Crippen LogP contribution in [0.15, 0.2) is 66.9 Å². The van der Waals surface area contributed by atoms with Crippen molar-refractivity contribution in [2.24, 2.45) is 0 Å². The number of carbonyl (C=O) groups excluding carboxylic acids is 1. The molecule has 0 atom stereocenters. The first-order valence-electron chi connectivity index (χ1n) is 7.86. The zero-order chi connectivity index (χ0) is 17.6. The molecule has 0 aliphatic rings. The molecule has 3 aromatic rings. The van der Waals surface area contributed by atoms with E-state index in [-0.39, 0.29) is 5.78 Å². The van der Waals surface area contributed by atoms with Crippen LogP contribution in [0, 0.1) is 0 Å². The summed E-state index contributed by atoms with van der Waals surface area (Å²) in [6, 6.07) is 19.2. The minimum absolute atomic E-state index is 0.0159. The molecule has 0 unspecified atom stereocenters. The van der Waals surface area contributed by atoms with Crippen molar-refractivity contribution in [2.45, 2.75) is 13.5 Å². The Morgan fingerprint density at radius 2 is 1.88 bits per heavy atom. The van der Waals surface area contributed by atoms with Crippen LogP contribution in [0.3, 0.4) is 0 Å². The highest BCUT2D eigenvalue weighted by atomic mass is 32.1. The quantitative estimate of drug-likeness (QED) is 0.539. The van der Waals surface area contributed by atoms with Crippen LogP contribution in [0.4, 0.5) is 11.5 Å². The van der Waals surface area contributed by atoms with E-state index in [9.17, 15) is 4.79 Å². The third-order valence-corrected chi connectivity index (χ3v) is 3.80. The summed E-state index contributed by atoms with van der Waals surface area (Å²) in [6.07, 6.45) is 1.90. The Hall–Kier alpha value is -2.99. The van der Waals surface area contributed by atoms with E-state index in [1.807, 2.05) is 47.3 Å². The van der Waals surface area contributed by atoms with Crippen molar-refractivity contribution in [3.05, 3.63) is 78.0 Å². The van der Waals surface area contributed by atoms with Crippen LogP contribution in [-0.4, -0.2) is 20.7 Å². The van der Waals surface area contributed by atoms with E-state index in [4.69, 9.17) is 12.2 Å². The lowest BCUT2D eigenvalue weighted by molar-refractivity contribution is 0.101. The number of hydrogen-bond acceptors (Lipinski definition) is 3. The number of Topliss-reactive ketones (excluding diaryl/α,β-unsaturated/α-hetero) is 1. The Balaban J connectivity index is 1.60. The summed E-state index contributed by atoms with van der Waals surface area (Å²) in [5.74, 6) is 0.679. The third-order valence-electron chi connectivity index (χ3n) is 3.60. The van der Waals surface area contributed by atoms with Crippen molar-refractivity contribution in [3.8, 4) is 0 Å². The van der Waals surface area contributed by atoms with Gasteiger partial charge in [-0.05, 0) is 36.8 Å². The lowest BCUT2D eigenvalue weighted by Gasteiger charge is -2.09. The second-order valence-electron chi connectivity index (χ2n) is 5.60. The van der Waals surface area contributed by atoms with Gasteiger partial charge in [0.2, 0.25) is 0 Å². The summed E-state index contributed by atoms with van der Waals surface area (Å²) >= 11 is 5.31. The number of nitrogens with zero attached hydrogens (tertiary/aromatic N) is 2. The third kappa shape index (κ3) is 4.74. The highest BCUT2D eigenvalue weighted by Gasteiger charge is 2.05. The fourth-order valence-electron chi connectivity index (χ4n) is 2.38. The largest absolute Gasteiger partial charge is 0.332 e. The molecule has 0 bridgehead atoms.